The van der Waals surface area contributed by atoms with E-state index >= 15 is 0 Å². The number of halogens is 1. The Kier molecular flexibility index (Phi) is 4.83. The fourth-order valence-corrected chi connectivity index (χ4v) is 3.94. The maximum atomic E-state index is 6.23. The first-order valence-corrected chi connectivity index (χ1v) is 9.65. The second kappa shape index (κ2) is 7.25. The molecule has 1 aliphatic heterocycles. The molecule has 0 bridgehead atoms. The van der Waals surface area contributed by atoms with Crippen LogP contribution in [-0.4, -0.2) is 33.1 Å². The highest BCUT2D eigenvalue weighted by Gasteiger charge is 2.25. The first-order valence-electron chi connectivity index (χ1n) is 8.87. The molecule has 0 saturated carbocycles. The summed E-state index contributed by atoms with van der Waals surface area (Å²) in [5.41, 5.74) is 4.22. The van der Waals surface area contributed by atoms with Crippen LogP contribution in [0.25, 0.3) is 11.0 Å². The number of benzene rings is 2. The largest absolute Gasteiger partial charge is 0.348 e. The SMILES string of the molecule is Cc1ccc2nc([C@H]3CCCN(C(=S)Nc4ccccc4Cl)C3)[nH]c2c1. The number of aromatic amines is 1. The van der Waals surface area contributed by atoms with Gasteiger partial charge in [-0.1, -0.05) is 29.8 Å². The lowest BCUT2D eigenvalue weighted by molar-refractivity contribution is 0.307. The Hall–Kier alpha value is -2.11. The molecule has 1 aromatic heterocycles. The molecule has 0 unspecified atom stereocenters. The number of hydrogen-bond donors (Lipinski definition) is 2. The van der Waals surface area contributed by atoms with E-state index in [9.17, 15) is 0 Å². The number of aryl methyl sites for hydroxylation is 1. The topological polar surface area (TPSA) is 44.0 Å². The van der Waals surface area contributed by atoms with Crippen LogP contribution in [0.2, 0.25) is 5.02 Å². The molecule has 2 N–H and O–H groups in total. The zero-order chi connectivity index (χ0) is 18.1. The van der Waals surface area contributed by atoms with Gasteiger partial charge in [0.25, 0.3) is 0 Å². The van der Waals surface area contributed by atoms with Gasteiger partial charge < -0.3 is 15.2 Å². The molecule has 1 saturated heterocycles. The number of thiocarbonyl (C=S) groups is 1. The molecule has 134 valence electrons. The van der Waals surface area contributed by atoms with Crippen molar-refractivity contribution in [1.29, 1.82) is 0 Å². The van der Waals surface area contributed by atoms with Crippen LogP contribution in [0.15, 0.2) is 42.5 Å². The van der Waals surface area contributed by atoms with Crippen LogP contribution in [0.5, 0.6) is 0 Å². The van der Waals surface area contributed by atoms with Crippen molar-refractivity contribution in [3.05, 3.63) is 58.9 Å². The molecular formula is C20H21ClN4S. The molecule has 0 aliphatic carbocycles. The number of hydrogen-bond acceptors (Lipinski definition) is 2. The molecule has 1 atom stereocenters. The quantitative estimate of drug-likeness (QED) is 0.603. The number of likely N-dealkylation sites (tertiary alicyclic amines) is 1. The smallest absolute Gasteiger partial charge is 0.173 e. The van der Waals surface area contributed by atoms with Crippen molar-refractivity contribution in [1.82, 2.24) is 14.9 Å². The van der Waals surface area contributed by atoms with Crippen molar-refractivity contribution in [2.24, 2.45) is 0 Å². The average Bonchev–Trinajstić information content (AvgIpc) is 3.07. The number of imidazole rings is 1. The van der Waals surface area contributed by atoms with E-state index < -0.39 is 0 Å². The van der Waals surface area contributed by atoms with E-state index in [1.54, 1.807) is 0 Å². The van der Waals surface area contributed by atoms with Gasteiger partial charge in [-0.05, 0) is 61.8 Å². The standard InChI is InChI=1S/C20H21ClN4S/c1-13-8-9-17-18(11-13)23-19(22-17)14-5-4-10-25(12-14)20(26)24-16-7-3-2-6-15(16)21/h2-3,6-9,11,14H,4-5,10,12H2,1H3,(H,22,23)(H,24,26)/t14-/m0/s1. The van der Waals surface area contributed by atoms with Crippen LogP contribution in [0, 0.1) is 6.92 Å². The van der Waals surface area contributed by atoms with Crippen molar-refractivity contribution >= 4 is 45.7 Å². The van der Waals surface area contributed by atoms with E-state index in [2.05, 4.69) is 40.3 Å². The Morgan fingerprint density at radius 3 is 3.00 bits per heavy atom. The number of nitrogens with one attached hydrogen (secondary N) is 2. The van der Waals surface area contributed by atoms with Crippen molar-refractivity contribution in [2.45, 2.75) is 25.7 Å². The summed E-state index contributed by atoms with van der Waals surface area (Å²) in [6, 6.07) is 14.0. The van der Waals surface area contributed by atoms with Crippen LogP contribution < -0.4 is 5.32 Å². The summed E-state index contributed by atoms with van der Waals surface area (Å²) in [6.07, 6.45) is 2.20. The van der Waals surface area contributed by atoms with E-state index in [1.807, 2.05) is 24.3 Å². The van der Waals surface area contributed by atoms with E-state index in [0.717, 1.165) is 53.6 Å². The summed E-state index contributed by atoms with van der Waals surface area (Å²) >= 11 is 11.9. The molecule has 2 heterocycles. The number of fused-ring (bicyclic) bond motifs is 1. The lowest BCUT2D eigenvalue weighted by Gasteiger charge is -2.34. The van der Waals surface area contributed by atoms with Crippen molar-refractivity contribution in [3.63, 3.8) is 0 Å². The molecule has 3 aromatic rings. The van der Waals surface area contributed by atoms with Crippen molar-refractivity contribution in [3.8, 4) is 0 Å². The summed E-state index contributed by atoms with van der Waals surface area (Å²) in [4.78, 5) is 10.5. The van der Waals surface area contributed by atoms with Crippen LogP contribution in [-0.2, 0) is 0 Å². The molecule has 0 radical (unpaired) electrons. The zero-order valence-corrected chi connectivity index (χ0v) is 16.2. The molecule has 26 heavy (non-hydrogen) atoms. The summed E-state index contributed by atoms with van der Waals surface area (Å²) in [7, 11) is 0. The predicted molar refractivity (Wildman–Crippen MR) is 112 cm³/mol. The minimum absolute atomic E-state index is 0.349. The highest BCUT2D eigenvalue weighted by Crippen LogP contribution is 2.28. The van der Waals surface area contributed by atoms with Gasteiger partial charge in [-0.2, -0.15) is 0 Å². The number of anilines is 1. The van der Waals surface area contributed by atoms with Gasteiger partial charge in [0.05, 0.1) is 21.7 Å². The summed E-state index contributed by atoms with van der Waals surface area (Å²) in [6.45, 7) is 3.91. The Morgan fingerprint density at radius 1 is 1.31 bits per heavy atom. The van der Waals surface area contributed by atoms with Gasteiger partial charge in [0.2, 0.25) is 0 Å². The van der Waals surface area contributed by atoms with Gasteiger partial charge in [-0.25, -0.2) is 4.98 Å². The first-order chi connectivity index (χ1) is 12.6. The lowest BCUT2D eigenvalue weighted by Crippen LogP contribution is -2.41. The Bertz CT molecular complexity index is 952. The number of aromatic nitrogens is 2. The Morgan fingerprint density at radius 2 is 2.15 bits per heavy atom. The van der Waals surface area contributed by atoms with E-state index in [0.29, 0.717) is 10.9 Å². The summed E-state index contributed by atoms with van der Waals surface area (Å²) < 4.78 is 0. The molecule has 0 amide bonds. The monoisotopic (exact) mass is 384 g/mol. The molecule has 4 rings (SSSR count). The Balaban J connectivity index is 1.49. The maximum Gasteiger partial charge on any atom is 0.173 e. The molecule has 0 spiro atoms. The van der Waals surface area contributed by atoms with Crippen molar-refractivity contribution < 1.29 is 0 Å². The van der Waals surface area contributed by atoms with Crippen LogP contribution in [0.4, 0.5) is 5.69 Å². The first kappa shape index (κ1) is 17.3. The third-order valence-corrected chi connectivity index (χ3v) is 5.56. The minimum atomic E-state index is 0.349. The molecule has 6 heteroatoms. The second-order valence-electron chi connectivity index (χ2n) is 6.84. The third-order valence-electron chi connectivity index (χ3n) is 4.87. The van der Waals surface area contributed by atoms with Gasteiger partial charge in [-0.3, -0.25) is 0 Å². The lowest BCUT2D eigenvalue weighted by atomic mass is 9.98. The molecule has 4 nitrogen and oxygen atoms in total. The normalized spacial score (nSPS) is 17.5. The van der Waals surface area contributed by atoms with Gasteiger partial charge >= 0.3 is 0 Å². The molecule has 1 aliphatic rings. The molecule has 2 aromatic carbocycles. The zero-order valence-electron chi connectivity index (χ0n) is 14.6. The average molecular weight is 385 g/mol. The summed E-state index contributed by atoms with van der Waals surface area (Å²) in [5.74, 6) is 1.40. The highest BCUT2D eigenvalue weighted by molar-refractivity contribution is 7.80. The van der Waals surface area contributed by atoms with E-state index in [4.69, 9.17) is 28.8 Å². The third kappa shape index (κ3) is 3.55. The number of rotatable bonds is 2. The van der Waals surface area contributed by atoms with Crippen LogP contribution in [0.1, 0.15) is 30.1 Å². The highest BCUT2D eigenvalue weighted by atomic mass is 35.5. The minimum Gasteiger partial charge on any atom is -0.348 e. The van der Waals surface area contributed by atoms with Gasteiger partial charge in [-0.15, -0.1) is 0 Å². The number of para-hydroxylation sites is 1. The van der Waals surface area contributed by atoms with Gasteiger partial charge in [0.15, 0.2) is 5.11 Å². The fourth-order valence-electron chi connectivity index (χ4n) is 3.48. The predicted octanol–water partition coefficient (Wildman–Crippen LogP) is 5.10. The van der Waals surface area contributed by atoms with Gasteiger partial charge in [0.1, 0.15) is 5.82 Å². The van der Waals surface area contributed by atoms with Gasteiger partial charge in [0, 0.05) is 19.0 Å². The molecule has 1 fully saturated rings. The number of piperidine rings is 1. The Labute approximate surface area is 163 Å². The van der Waals surface area contributed by atoms with Crippen LogP contribution in [0.3, 0.4) is 0 Å². The summed E-state index contributed by atoms with van der Waals surface area (Å²) in [5, 5.41) is 4.68. The maximum absolute atomic E-state index is 6.23. The van der Waals surface area contributed by atoms with E-state index in [1.165, 1.54) is 5.56 Å². The van der Waals surface area contributed by atoms with Crippen LogP contribution >= 0.6 is 23.8 Å². The van der Waals surface area contributed by atoms with Crippen molar-refractivity contribution in [2.75, 3.05) is 18.4 Å². The number of nitrogens with zero attached hydrogens (tertiary/aromatic N) is 2. The van der Waals surface area contributed by atoms with E-state index in [-0.39, 0.29) is 0 Å². The molecular weight excluding hydrogens is 364 g/mol. The second-order valence-corrected chi connectivity index (χ2v) is 7.63. The number of H-pyrrole nitrogens is 1. The fraction of sp³-hybridized carbons (Fsp3) is 0.300.